The highest BCUT2D eigenvalue weighted by molar-refractivity contribution is 5.76. The van der Waals surface area contributed by atoms with Crippen LogP contribution in [-0.2, 0) is 23.8 Å². The van der Waals surface area contributed by atoms with Crippen molar-refractivity contribution in [2.45, 2.75) is 236 Å². The molecule has 7 atom stereocenters. The molecular formula is C50H89NO10. The SMILES string of the molecule is C/C=C/CC/C=C/CC/C=C/C(O)C(COC1OC(CO)C(O)C(O)C1O)NC(=O)CCCCCCC/C=C\CCCCOC(=O)CCCCCCCCCCCCCCC. The second-order valence-electron chi connectivity index (χ2n) is 16.8. The summed E-state index contributed by atoms with van der Waals surface area (Å²) in [6, 6.07) is -0.854. The number of ether oxygens (including phenoxy) is 3. The molecule has 61 heavy (non-hydrogen) atoms. The van der Waals surface area contributed by atoms with E-state index in [0.717, 1.165) is 83.5 Å². The van der Waals surface area contributed by atoms with Gasteiger partial charge in [0.15, 0.2) is 6.29 Å². The quantitative estimate of drug-likeness (QED) is 0.0198. The largest absolute Gasteiger partial charge is 0.466 e. The van der Waals surface area contributed by atoms with Crippen molar-refractivity contribution in [3.8, 4) is 0 Å². The van der Waals surface area contributed by atoms with E-state index in [4.69, 9.17) is 14.2 Å². The molecular weight excluding hydrogens is 775 g/mol. The van der Waals surface area contributed by atoms with Gasteiger partial charge in [0.05, 0.1) is 32.0 Å². The zero-order chi connectivity index (χ0) is 44.6. The highest BCUT2D eigenvalue weighted by Crippen LogP contribution is 2.22. The summed E-state index contributed by atoms with van der Waals surface area (Å²) < 4.78 is 16.6. The number of unbranched alkanes of at least 4 members (excludes halogenated alkanes) is 21. The summed E-state index contributed by atoms with van der Waals surface area (Å²) in [5, 5.41) is 53.9. The van der Waals surface area contributed by atoms with Crippen molar-refractivity contribution in [2.24, 2.45) is 0 Å². The minimum atomic E-state index is -1.59. The first-order valence-electron chi connectivity index (χ1n) is 24.4. The molecule has 1 saturated heterocycles. The molecule has 0 radical (unpaired) electrons. The molecule has 6 N–H and O–H groups in total. The molecule has 1 amide bonds. The van der Waals surface area contributed by atoms with Crippen molar-refractivity contribution < 1.29 is 49.3 Å². The van der Waals surface area contributed by atoms with Gasteiger partial charge in [0.1, 0.15) is 24.4 Å². The average molecular weight is 864 g/mol. The molecule has 0 aliphatic carbocycles. The molecule has 0 aromatic heterocycles. The lowest BCUT2D eigenvalue weighted by Crippen LogP contribution is -2.60. The minimum absolute atomic E-state index is 0.0594. The fourth-order valence-corrected chi connectivity index (χ4v) is 7.29. The Morgan fingerprint density at radius 3 is 1.72 bits per heavy atom. The van der Waals surface area contributed by atoms with Crippen molar-refractivity contribution in [1.82, 2.24) is 5.32 Å². The third-order valence-corrected chi connectivity index (χ3v) is 11.2. The molecule has 0 aromatic rings. The second kappa shape index (κ2) is 40.4. The van der Waals surface area contributed by atoms with Gasteiger partial charge in [-0.2, -0.15) is 0 Å². The van der Waals surface area contributed by atoms with E-state index >= 15 is 0 Å². The average Bonchev–Trinajstić information content (AvgIpc) is 3.25. The van der Waals surface area contributed by atoms with Gasteiger partial charge in [-0.05, 0) is 77.6 Å². The summed E-state index contributed by atoms with van der Waals surface area (Å²) in [5.41, 5.74) is 0. The van der Waals surface area contributed by atoms with Crippen LogP contribution in [0, 0.1) is 0 Å². The smallest absolute Gasteiger partial charge is 0.305 e. The maximum absolute atomic E-state index is 12.9. The summed E-state index contributed by atoms with van der Waals surface area (Å²) in [5.74, 6) is -0.290. The number of aliphatic hydroxyl groups excluding tert-OH is 5. The van der Waals surface area contributed by atoms with E-state index in [1.54, 1.807) is 6.08 Å². The van der Waals surface area contributed by atoms with Crippen LogP contribution in [0.1, 0.15) is 194 Å². The molecule has 11 nitrogen and oxygen atoms in total. The fraction of sp³-hybridized carbons (Fsp3) is 0.800. The van der Waals surface area contributed by atoms with Crippen LogP contribution < -0.4 is 5.32 Å². The first-order chi connectivity index (χ1) is 29.7. The summed E-state index contributed by atoms with van der Waals surface area (Å²) in [6.07, 6.45) is 37.9. The first kappa shape index (κ1) is 56.6. The van der Waals surface area contributed by atoms with E-state index in [1.807, 2.05) is 19.1 Å². The van der Waals surface area contributed by atoms with Crippen molar-refractivity contribution in [2.75, 3.05) is 19.8 Å². The molecule has 1 fully saturated rings. The lowest BCUT2D eigenvalue weighted by molar-refractivity contribution is -0.302. The van der Waals surface area contributed by atoms with Crippen LogP contribution in [0.2, 0.25) is 0 Å². The van der Waals surface area contributed by atoms with Crippen molar-refractivity contribution in [3.63, 3.8) is 0 Å². The van der Waals surface area contributed by atoms with Crippen LogP contribution in [0.4, 0.5) is 0 Å². The van der Waals surface area contributed by atoms with Crippen LogP contribution in [-0.4, -0.2) is 100 Å². The molecule has 354 valence electrons. The Balaban J connectivity index is 2.20. The highest BCUT2D eigenvalue weighted by atomic mass is 16.7. The zero-order valence-corrected chi connectivity index (χ0v) is 38.4. The number of rotatable bonds is 40. The maximum atomic E-state index is 12.9. The van der Waals surface area contributed by atoms with E-state index in [0.29, 0.717) is 32.3 Å². The Morgan fingerprint density at radius 2 is 1.13 bits per heavy atom. The Labute approximate surface area is 370 Å². The number of hydrogen-bond donors (Lipinski definition) is 6. The molecule has 1 aliphatic rings. The van der Waals surface area contributed by atoms with Gasteiger partial charge >= 0.3 is 5.97 Å². The molecule has 1 aliphatic heterocycles. The van der Waals surface area contributed by atoms with Gasteiger partial charge in [0, 0.05) is 12.8 Å². The van der Waals surface area contributed by atoms with Crippen molar-refractivity contribution in [3.05, 3.63) is 48.6 Å². The third-order valence-electron chi connectivity index (χ3n) is 11.2. The number of carbonyl (C=O) groups excluding carboxylic acids is 2. The van der Waals surface area contributed by atoms with Gasteiger partial charge < -0.3 is 45.1 Å². The standard InChI is InChI=1S/C50H89NO10/c1-3-5-7-9-11-13-14-15-18-22-26-30-34-38-46(55)59-39-35-31-27-23-19-16-17-21-25-29-33-37-45(54)51-42(43(53)36-32-28-24-20-12-10-8-6-4-2)41-60-50-49(58)48(57)47(56)44(40-52)61-50/h4,6,12,19-20,23,32,36,42-44,47-50,52-53,56-58H,3,5,7-11,13-18,21-22,24-31,33-35,37-41H2,1-2H3,(H,51,54)/b6-4+,20-12+,23-19-,36-32+. The molecule has 0 spiro atoms. The van der Waals surface area contributed by atoms with Gasteiger partial charge in [-0.3, -0.25) is 9.59 Å². The van der Waals surface area contributed by atoms with Crippen molar-refractivity contribution >= 4 is 11.9 Å². The van der Waals surface area contributed by atoms with Crippen LogP contribution >= 0.6 is 0 Å². The molecule has 0 aromatic carbocycles. The number of aliphatic hydroxyl groups is 5. The van der Waals surface area contributed by atoms with Crippen molar-refractivity contribution in [1.29, 1.82) is 0 Å². The number of nitrogens with one attached hydrogen (secondary N) is 1. The number of allylic oxidation sites excluding steroid dienone is 7. The zero-order valence-electron chi connectivity index (χ0n) is 38.4. The van der Waals surface area contributed by atoms with E-state index in [1.165, 1.54) is 70.6 Å². The summed E-state index contributed by atoms with van der Waals surface area (Å²) >= 11 is 0. The van der Waals surface area contributed by atoms with E-state index < -0.39 is 49.5 Å². The van der Waals surface area contributed by atoms with Crippen LogP contribution in [0.5, 0.6) is 0 Å². The number of carbonyl (C=O) groups is 2. The topological polar surface area (TPSA) is 175 Å². The molecule has 1 heterocycles. The highest BCUT2D eigenvalue weighted by Gasteiger charge is 2.44. The summed E-state index contributed by atoms with van der Waals surface area (Å²) in [6.45, 7) is 3.95. The van der Waals surface area contributed by atoms with Crippen LogP contribution in [0.25, 0.3) is 0 Å². The van der Waals surface area contributed by atoms with Gasteiger partial charge in [0.2, 0.25) is 5.91 Å². The Hall–Kier alpha value is -2.38. The lowest BCUT2D eigenvalue weighted by atomic mass is 9.99. The van der Waals surface area contributed by atoms with Gasteiger partial charge in [0.25, 0.3) is 0 Å². The predicted octanol–water partition coefficient (Wildman–Crippen LogP) is 9.38. The van der Waals surface area contributed by atoms with E-state index in [2.05, 4.69) is 42.6 Å². The maximum Gasteiger partial charge on any atom is 0.305 e. The Bertz CT molecular complexity index is 1160. The fourth-order valence-electron chi connectivity index (χ4n) is 7.29. The molecule has 0 bridgehead atoms. The normalized spacial score (nSPS) is 20.7. The number of amides is 1. The number of esters is 1. The van der Waals surface area contributed by atoms with E-state index in [-0.39, 0.29) is 18.5 Å². The van der Waals surface area contributed by atoms with Gasteiger partial charge in [-0.15, -0.1) is 0 Å². The summed E-state index contributed by atoms with van der Waals surface area (Å²) in [7, 11) is 0. The van der Waals surface area contributed by atoms with Gasteiger partial charge in [-0.25, -0.2) is 0 Å². The first-order valence-corrected chi connectivity index (χ1v) is 24.4. The molecule has 11 heteroatoms. The molecule has 7 unspecified atom stereocenters. The lowest BCUT2D eigenvalue weighted by Gasteiger charge is -2.40. The number of hydrogen-bond acceptors (Lipinski definition) is 10. The third kappa shape index (κ3) is 31.2. The van der Waals surface area contributed by atoms with Gasteiger partial charge in [-0.1, -0.05) is 152 Å². The van der Waals surface area contributed by atoms with E-state index in [9.17, 15) is 35.1 Å². The second-order valence-corrected chi connectivity index (χ2v) is 16.8. The molecule has 1 rings (SSSR count). The Kier molecular flexibility index (Phi) is 37.5. The summed E-state index contributed by atoms with van der Waals surface area (Å²) in [4.78, 5) is 25.0. The monoisotopic (exact) mass is 864 g/mol. The minimum Gasteiger partial charge on any atom is -0.466 e. The van der Waals surface area contributed by atoms with Crippen LogP contribution in [0.15, 0.2) is 48.6 Å². The van der Waals surface area contributed by atoms with Crippen LogP contribution in [0.3, 0.4) is 0 Å². The predicted molar refractivity (Wildman–Crippen MR) is 246 cm³/mol. The molecule has 0 saturated carbocycles. The Morgan fingerprint density at radius 1 is 0.623 bits per heavy atom.